The molecule has 0 bridgehead atoms. The summed E-state index contributed by atoms with van der Waals surface area (Å²) in [4.78, 5) is 22.4. The first-order valence-electron chi connectivity index (χ1n) is 5.10. The predicted octanol–water partition coefficient (Wildman–Crippen LogP) is -0.402. The van der Waals surface area contributed by atoms with Crippen LogP contribution < -0.4 is 10.6 Å². The smallest absolute Gasteiger partial charge is 0.247 e. The minimum Gasteiger partial charge on any atom is -0.309 e. The minimum absolute atomic E-state index is 0.00833. The maximum atomic E-state index is 11.6. The Kier molecular flexibility index (Phi) is 3.32. The molecule has 9 heteroatoms. The number of carbonyl (C=O) groups is 2. The lowest BCUT2D eigenvalue weighted by molar-refractivity contribution is -0.117. The first-order valence-corrected chi connectivity index (χ1v) is 5.10. The minimum atomic E-state index is -0.279. The zero-order valence-electron chi connectivity index (χ0n) is 9.54. The predicted molar refractivity (Wildman–Crippen MR) is 61.5 cm³/mol. The third kappa shape index (κ3) is 3.14. The highest BCUT2D eigenvalue weighted by Gasteiger charge is 2.07. The quantitative estimate of drug-likeness (QED) is 0.681. The van der Waals surface area contributed by atoms with Crippen molar-refractivity contribution in [2.24, 2.45) is 0 Å². The number of rotatable bonds is 4. The molecule has 9 nitrogen and oxygen atoms in total. The summed E-state index contributed by atoms with van der Waals surface area (Å²) in [5.41, 5.74) is 0. The Morgan fingerprint density at radius 1 is 1.44 bits per heavy atom. The highest BCUT2D eigenvalue weighted by atomic mass is 16.2. The van der Waals surface area contributed by atoms with Gasteiger partial charge in [0.1, 0.15) is 12.4 Å². The van der Waals surface area contributed by atoms with Crippen LogP contribution in [0, 0.1) is 0 Å². The number of anilines is 2. The van der Waals surface area contributed by atoms with E-state index in [2.05, 4.69) is 31.1 Å². The molecule has 2 aromatic rings. The van der Waals surface area contributed by atoms with Crippen LogP contribution in [-0.4, -0.2) is 37.0 Å². The van der Waals surface area contributed by atoms with Crippen LogP contribution >= 0.6 is 0 Å². The normalized spacial score (nSPS) is 10.1. The summed E-state index contributed by atoms with van der Waals surface area (Å²) < 4.78 is 1.32. The molecular weight excluding hydrogens is 238 g/mol. The summed E-state index contributed by atoms with van der Waals surface area (Å²) in [7, 11) is 0. The molecule has 2 rings (SSSR count). The molecule has 0 aromatic carbocycles. The Hall–Kier alpha value is -2.71. The standard InChI is InChI=1S/C9H11N7O2/c1-6(17)11-8-4-16(15-14-8)5-9(18)12-7-2-3-10-13-7/h2-4H,5H2,1H3,(H,11,17)(H2,10,12,13,18). The average molecular weight is 249 g/mol. The molecule has 18 heavy (non-hydrogen) atoms. The van der Waals surface area contributed by atoms with Gasteiger partial charge in [0, 0.05) is 13.0 Å². The summed E-state index contributed by atoms with van der Waals surface area (Å²) in [6, 6.07) is 1.63. The molecule has 2 aromatic heterocycles. The van der Waals surface area contributed by atoms with E-state index in [4.69, 9.17) is 0 Å². The van der Waals surface area contributed by atoms with Crippen LogP contribution in [0.4, 0.5) is 11.6 Å². The molecule has 0 fully saturated rings. The van der Waals surface area contributed by atoms with E-state index in [0.717, 1.165) is 0 Å². The second-order valence-corrected chi connectivity index (χ2v) is 3.50. The molecule has 0 atom stereocenters. The monoisotopic (exact) mass is 249 g/mol. The third-order valence-electron chi connectivity index (χ3n) is 1.92. The first-order chi connectivity index (χ1) is 8.63. The molecular formula is C9H11N7O2. The zero-order valence-corrected chi connectivity index (χ0v) is 9.54. The Balaban J connectivity index is 1.91. The molecule has 2 amide bonds. The Morgan fingerprint density at radius 3 is 2.94 bits per heavy atom. The van der Waals surface area contributed by atoms with E-state index in [0.29, 0.717) is 11.6 Å². The molecule has 2 heterocycles. The van der Waals surface area contributed by atoms with Crippen LogP contribution in [-0.2, 0) is 16.1 Å². The fraction of sp³-hybridized carbons (Fsp3) is 0.222. The summed E-state index contributed by atoms with van der Waals surface area (Å²) in [5.74, 6) is 0.279. The highest BCUT2D eigenvalue weighted by molar-refractivity contribution is 5.89. The largest absolute Gasteiger partial charge is 0.309 e. The molecule has 3 N–H and O–H groups in total. The maximum Gasteiger partial charge on any atom is 0.247 e. The lowest BCUT2D eigenvalue weighted by atomic mass is 10.5. The van der Waals surface area contributed by atoms with Crippen LogP contribution in [0.15, 0.2) is 18.5 Å². The van der Waals surface area contributed by atoms with E-state index < -0.39 is 0 Å². The van der Waals surface area contributed by atoms with Gasteiger partial charge in [-0.15, -0.1) is 5.10 Å². The van der Waals surface area contributed by atoms with Gasteiger partial charge in [-0.1, -0.05) is 5.21 Å². The number of nitrogens with one attached hydrogen (secondary N) is 3. The van der Waals surface area contributed by atoms with Gasteiger partial charge in [0.05, 0.1) is 12.4 Å². The Morgan fingerprint density at radius 2 is 2.28 bits per heavy atom. The van der Waals surface area contributed by atoms with E-state index in [1.807, 2.05) is 0 Å². The number of hydrogen-bond donors (Lipinski definition) is 3. The Labute approximate surface area is 102 Å². The van der Waals surface area contributed by atoms with Crippen molar-refractivity contribution < 1.29 is 9.59 Å². The molecule has 0 aliphatic carbocycles. The van der Waals surface area contributed by atoms with Crippen molar-refractivity contribution in [1.82, 2.24) is 25.2 Å². The summed E-state index contributed by atoms with van der Waals surface area (Å²) >= 11 is 0. The molecule has 0 spiro atoms. The molecule has 0 unspecified atom stereocenters. The number of nitrogens with zero attached hydrogens (tertiary/aromatic N) is 4. The van der Waals surface area contributed by atoms with Crippen molar-refractivity contribution in [3.8, 4) is 0 Å². The molecule has 0 aliphatic heterocycles. The van der Waals surface area contributed by atoms with Gasteiger partial charge in [0.15, 0.2) is 5.82 Å². The summed E-state index contributed by atoms with van der Waals surface area (Å²) in [6.07, 6.45) is 2.99. The van der Waals surface area contributed by atoms with Crippen molar-refractivity contribution >= 4 is 23.5 Å². The van der Waals surface area contributed by atoms with Gasteiger partial charge in [-0.25, -0.2) is 4.68 Å². The van der Waals surface area contributed by atoms with Crippen LogP contribution in [0.1, 0.15) is 6.92 Å². The van der Waals surface area contributed by atoms with Crippen molar-refractivity contribution in [2.75, 3.05) is 10.6 Å². The van der Waals surface area contributed by atoms with Gasteiger partial charge < -0.3 is 10.6 Å². The molecule has 94 valence electrons. The van der Waals surface area contributed by atoms with Gasteiger partial charge in [-0.05, 0) is 0 Å². The van der Waals surface area contributed by atoms with Gasteiger partial charge in [0.25, 0.3) is 0 Å². The number of aromatic nitrogens is 5. The molecule has 0 saturated heterocycles. The van der Waals surface area contributed by atoms with Crippen LogP contribution in [0.5, 0.6) is 0 Å². The summed E-state index contributed by atoms with van der Waals surface area (Å²) in [5, 5.41) is 18.7. The van der Waals surface area contributed by atoms with Crippen molar-refractivity contribution in [3.63, 3.8) is 0 Å². The topological polar surface area (TPSA) is 118 Å². The van der Waals surface area contributed by atoms with E-state index >= 15 is 0 Å². The van der Waals surface area contributed by atoms with E-state index in [9.17, 15) is 9.59 Å². The van der Waals surface area contributed by atoms with Crippen LogP contribution in [0.25, 0.3) is 0 Å². The lowest BCUT2D eigenvalue weighted by Gasteiger charge is -2.01. The first kappa shape index (κ1) is 11.8. The van der Waals surface area contributed by atoms with E-state index in [1.54, 1.807) is 6.07 Å². The van der Waals surface area contributed by atoms with Crippen LogP contribution in [0.2, 0.25) is 0 Å². The van der Waals surface area contributed by atoms with Crippen molar-refractivity contribution in [3.05, 3.63) is 18.5 Å². The number of H-pyrrole nitrogens is 1. The number of hydrogen-bond acceptors (Lipinski definition) is 5. The van der Waals surface area contributed by atoms with Gasteiger partial charge >= 0.3 is 0 Å². The van der Waals surface area contributed by atoms with Gasteiger partial charge in [-0.3, -0.25) is 14.7 Å². The number of carbonyl (C=O) groups excluding carboxylic acids is 2. The maximum absolute atomic E-state index is 11.6. The highest BCUT2D eigenvalue weighted by Crippen LogP contribution is 2.01. The second-order valence-electron chi connectivity index (χ2n) is 3.50. The van der Waals surface area contributed by atoms with Crippen molar-refractivity contribution in [2.45, 2.75) is 13.5 Å². The number of aromatic amines is 1. The van der Waals surface area contributed by atoms with Crippen molar-refractivity contribution in [1.29, 1.82) is 0 Å². The van der Waals surface area contributed by atoms with Crippen LogP contribution in [0.3, 0.4) is 0 Å². The van der Waals surface area contributed by atoms with Gasteiger partial charge in [0.2, 0.25) is 11.8 Å². The fourth-order valence-corrected chi connectivity index (χ4v) is 1.28. The molecule has 0 radical (unpaired) electrons. The van der Waals surface area contributed by atoms with Gasteiger partial charge in [-0.2, -0.15) is 5.10 Å². The fourth-order valence-electron chi connectivity index (χ4n) is 1.28. The zero-order chi connectivity index (χ0) is 13.0. The van der Waals surface area contributed by atoms with E-state index in [-0.39, 0.29) is 18.4 Å². The Bertz CT molecular complexity index is 545. The summed E-state index contributed by atoms with van der Waals surface area (Å²) in [6.45, 7) is 1.36. The second kappa shape index (κ2) is 5.08. The number of amides is 2. The average Bonchev–Trinajstić information content (AvgIpc) is 2.89. The lowest BCUT2D eigenvalue weighted by Crippen LogP contribution is -2.19. The molecule has 0 saturated carbocycles. The molecule has 0 aliphatic rings. The van der Waals surface area contributed by atoms with E-state index in [1.165, 1.54) is 24.0 Å². The third-order valence-corrected chi connectivity index (χ3v) is 1.92. The SMILES string of the molecule is CC(=O)Nc1cn(CC(=O)Nc2ccn[nH]2)nn1.